The molecule has 0 bridgehead atoms. The molecule has 0 aromatic heterocycles. The van der Waals surface area contributed by atoms with Crippen LogP contribution in [-0.2, 0) is 10.2 Å². The van der Waals surface area contributed by atoms with E-state index in [0.717, 1.165) is 0 Å². The third-order valence-corrected chi connectivity index (χ3v) is 2.20. The molecule has 1 amide bonds. The first-order valence-electron chi connectivity index (χ1n) is 4.20. The Hall–Kier alpha value is -1.71. The van der Waals surface area contributed by atoms with E-state index >= 15 is 0 Å². The van der Waals surface area contributed by atoms with Gasteiger partial charge in [-0.15, -0.1) is 0 Å². The summed E-state index contributed by atoms with van der Waals surface area (Å²) in [6.07, 6.45) is 0. The fourth-order valence-corrected chi connectivity index (χ4v) is 1.21. The molecule has 0 radical (unpaired) electrons. The van der Waals surface area contributed by atoms with Crippen LogP contribution in [0.3, 0.4) is 0 Å². The second kappa shape index (κ2) is 3.57. The van der Waals surface area contributed by atoms with Gasteiger partial charge in [-0.3, -0.25) is 10.1 Å². The Morgan fingerprint density at radius 3 is 2.21 bits per heavy atom. The minimum absolute atomic E-state index is 0.654. The average Bonchev–Trinajstić information content (AvgIpc) is 2.18. The molecule has 0 aliphatic heterocycles. The monoisotopic (exact) mass is 193 g/mol. The van der Waals surface area contributed by atoms with Crippen LogP contribution >= 0.6 is 0 Å². The van der Waals surface area contributed by atoms with E-state index < -0.39 is 16.2 Å². The largest absolute Gasteiger partial charge is 0.454 e. The zero-order chi connectivity index (χ0) is 10.8. The number of benzene rings is 1. The molecule has 1 aromatic rings. The first-order chi connectivity index (χ1) is 6.46. The van der Waals surface area contributed by atoms with Gasteiger partial charge in [0.1, 0.15) is 10.3 Å². The second-order valence-electron chi connectivity index (χ2n) is 3.55. The lowest BCUT2D eigenvalue weighted by Gasteiger charge is -2.16. The Bertz CT molecular complexity index is 357. The van der Waals surface area contributed by atoms with E-state index in [0.29, 0.717) is 5.56 Å². The number of carbonyl (C=O) groups excluding carboxylic acids is 1. The molecule has 0 unspecified atom stereocenters. The van der Waals surface area contributed by atoms with Crippen molar-refractivity contribution >= 4 is 5.91 Å². The van der Waals surface area contributed by atoms with Crippen molar-refractivity contribution in [3.8, 4) is 0 Å². The normalized spacial score (nSPS) is 11.0. The molecule has 0 N–H and O–H groups in total. The Kier molecular flexibility index (Phi) is 2.65. The first-order valence-corrected chi connectivity index (χ1v) is 4.20. The summed E-state index contributed by atoms with van der Waals surface area (Å²) in [4.78, 5) is 20.8. The van der Waals surface area contributed by atoms with E-state index in [-0.39, 0.29) is 0 Å². The molecular formula is C10H11NO3. The third-order valence-electron chi connectivity index (χ3n) is 2.20. The highest BCUT2D eigenvalue weighted by atomic mass is 16.6. The molecule has 1 aromatic carbocycles. The summed E-state index contributed by atoms with van der Waals surface area (Å²) in [5.41, 5.74) is -0.410. The predicted octanol–water partition coefficient (Wildman–Crippen LogP) is 1.77. The molecule has 4 nitrogen and oxygen atoms in total. The third kappa shape index (κ3) is 1.79. The van der Waals surface area contributed by atoms with Gasteiger partial charge in [0.15, 0.2) is 0 Å². The lowest BCUT2D eigenvalue weighted by atomic mass is 9.84. The Morgan fingerprint density at radius 2 is 1.79 bits per heavy atom. The minimum atomic E-state index is -1.06. The first kappa shape index (κ1) is 10.4. The molecule has 0 spiro atoms. The summed E-state index contributed by atoms with van der Waals surface area (Å²) < 4.78 is 0. The average molecular weight is 193 g/mol. The quantitative estimate of drug-likeness (QED) is 0.531. The molecule has 4 heteroatoms. The van der Waals surface area contributed by atoms with Crippen molar-refractivity contribution in [2.45, 2.75) is 19.3 Å². The highest BCUT2D eigenvalue weighted by Gasteiger charge is 2.39. The number of nitro groups is 1. The molecular weight excluding hydrogens is 182 g/mol. The zero-order valence-electron chi connectivity index (χ0n) is 8.06. The summed E-state index contributed by atoms with van der Waals surface area (Å²) in [5, 5.41) is 10.4. The van der Waals surface area contributed by atoms with Gasteiger partial charge in [-0.25, -0.2) is 4.79 Å². The molecule has 0 aliphatic carbocycles. The lowest BCUT2D eigenvalue weighted by Crippen LogP contribution is -2.34. The van der Waals surface area contributed by atoms with E-state index in [1.807, 2.05) is 0 Å². The smallest absolute Gasteiger partial charge is 0.256 e. The van der Waals surface area contributed by atoms with E-state index in [1.54, 1.807) is 44.2 Å². The maximum Gasteiger partial charge on any atom is 0.454 e. The highest BCUT2D eigenvalue weighted by molar-refractivity contribution is 5.80. The molecule has 1 rings (SSSR count). The van der Waals surface area contributed by atoms with Crippen LogP contribution in [0, 0.1) is 10.1 Å². The fourth-order valence-electron chi connectivity index (χ4n) is 1.21. The van der Waals surface area contributed by atoms with Crippen molar-refractivity contribution < 1.29 is 9.72 Å². The van der Waals surface area contributed by atoms with Crippen molar-refractivity contribution in [3.63, 3.8) is 0 Å². The number of amides is 1. The SMILES string of the molecule is CC(C)(C(=O)[N+](=O)[O-])c1ccccc1. The van der Waals surface area contributed by atoms with Gasteiger partial charge in [0, 0.05) is 0 Å². The maximum atomic E-state index is 11.3. The van der Waals surface area contributed by atoms with Crippen molar-refractivity contribution in [1.29, 1.82) is 0 Å². The van der Waals surface area contributed by atoms with Gasteiger partial charge in [-0.05, 0) is 19.4 Å². The van der Waals surface area contributed by atoms with Crippen LogP contribution < -0.4 is 0 Å². The summed E-state index contributed by atoms with van der Waals surface area (Å²) in [6.45, 7) is 3.10. The van der Waals surface area contributed by atoms with Crippen LogP contribution in [0.2, 0.25) is 0 Å². The molecule has 0 aliphatic rings. The van der Waals surface area contributed by atoms with Crippen LogP contribution in [0.15, 0.2) is 30.3 Å². The summed E-state index contributed by atoms with van der Waals surface area (Å²) in [6, 6.07) is 8.73. The summed E-state index contributed by atoms with van der Waals surface area (Å²) in [5.74, 6) is -0.983. The molecule has 0 heterocycles. The summed E-state index contributed by atoms with van der Waals surface area (Å²) >= 11 is 0. The number of hydrogen-bond donors (Lipinski definition) is 0. The van der Waals surface area contributed by atoms with Gasteiger partial charge in [0.25, 0.3) is 0 Å². The molecule has 0 fully saturated rings. The standard InChI is InChI=1S/C10H11NO3/c1-10(2,9(12)11(13)14)8-6-4-3-5-7-8/h3-7H,1-2H3. The van der Waals surface area contributed by atoms with E-state index in [2.05, 4.69) is 0 Å². The molecule has 0 saturated carbocycles. The van der Waals surface area contributed by atoms with Crippen LogP contribution in [0.25, 0.3) is 0 Å². The van der Waals surface area contributed by atoms with Crippen LogP contribution in [0.1, 0.15) is 19.4 Å². The minimum Gasteiger partial charge on any atom is -0.256 e. The van der Waals surface area contributed by atoms with Gasteiger partial charge in [-0.2, -0.15) is 0 Å². The van der Waals surface area contributed by atoms with Gasteiger partial charge in [0.2, 0.25) is 0 Å². The van der Waals surface area contributed by atoms with E-state index in [1.165, 1.54) is 0 Å². The van der Waals surface area contributed by atoms with Crippen molar-refractivity contribution in [2.24, 2.45) is 0 Å². The van der Waals surface area contributed by atoms with Crippen molar-refractivity contribution in [2.75, 3.05) is 0 Å². The van der Waals surface area contributed by atoms with Gasteiger partial charge < -0.3 is 0 Å². The number of hydrogen-bond acceptors (Lipinski definition) is 3. The second-order valence-corrected chi connectivity index (χ2v) is 3.55. The number of nitrogens with zero attached hydrogens (tertiary/aromatic N) is 1. The summed E-state index contributed by atoms with van der Waals surface area (Å²) in [7, 11) is 0. The van der Waals surface area contributed by atoms with Crippen LogP contribution in [0.5, 0.6) is 0 Å². The van der Waals surface area contributed by atoms with Crippen molar-refractivity contribution in [3.05, 3.63) is 46.0 Å². The van der Waals surface area contributed by atoms with Crippen LogP contribution in [0.4, 0.5) is 0 Å². The molecule has 0 atom stereocenters. The fraction of sp³-hybridized carbons (Fsp3) is 0.300. The van der Waals surface area contributed by atoms with Gasteiger partial charge in [0.05, 0.1) is 0 Å². The molecule has 74 valence electrons. The predicted molar refractivity (Wildman–Crippen MR) is 51.5 cm³/mol. The topological polar surface area (TPSA) is 60.2 Å². The Morgan fingerprint density at radius 1 is 1.29 bits per heavy atom. The molecule has 14 heavy (non-hydrogen) atoms. The highest BCUT2D eigenvalue weighted by Crippen LogP contribution is 2.23. The zero-order valence-corrected chi connectivity index (χ0v) is 8.06. The van der Waals surface area contributed by atoms with Crippen molar-refractivity contribution in [1.82, 2.24) is 0 Å². The lowest BCUT2D eigenvalue weighted by molar-refractivity contribution is -0.407. The van der Waals surface area contributed by atoms with Gasteiger partial charge in [-0.1, -0.05) is 30.3 Å². The number of carbonyl (C=O) groups is 1. The molecule has 0 saturated heterocycles. The Balaban J connectivity index is 3.08. The Labute approximate surface area is 81.7 Å². The maximum absolute atomic E-state index is 11.3. The van der Waals surface area contributed by atoms with Gasteiger partial charge >= 0.3 is 5.91 Å². The van der Waals surface area contributed by atoms with E-state index in [9.17, 15) is 14.9 Å². The van der Waals surface area contributed by atoms with Crippen LogP contribution in [-0.4, -0.2) is 10.8 Å². The van der Waals surface area contributed by atoms with E-state index in [4.69, 9.17) is 0 Å². The number of rotatable bonds is 2.